The van der Waals surface area contributed by atoms with Crippen LogP contribution in [0.1, 0.15) is 36.4 Å². The van der Waals surface area contributed by atoms with Crippen molar-refractivity contribution in [2.75, 3.05) is 13.1 Å². The number of benzene rings is 2. The molecule has 27 heavy (non-hydrogen) atoms. The van der Waals surface area contributed by atoms with Crippen LogP contribution in [0.5, 0.6) is 0 Å². The zero-order valence-corrected chi connectivity index (χ0v) is 15.6. The van der Waals surface area contributed by atoms with Crippen LogP contribution in [0.3, 0.4) is 0 Å². The van der Waals surface area contributed by atoms with Crippen molar-refractivity contribution in [2.45, 2.75) is 38.8 Å². The predicted octanol–water partition coefficient (Wildman–Crippen LogP) is 4.01. The average Bonchev–Trinajstić information content (AvgIpc) is 3.33. The molecule has 0 N–H and O–H groups in total. The van der Waals surface area contributed by atoms with Gasteiger partial charge in [0.2, 0.25) is 5.82 Å². The third-order valence-electron chi connectivity index (χ3n) is 5.18. The molecule has 4 rings (SSSR count). The van der Waals surface area contributed by atoms with Gasteiger partial charge in [-0.3, -0.25) is 4.90 Å². The minimum Gasteiger partial charge on any atom is -0.296 e. The third-order valence-corrected chi connectivity index (χ3v) is 5.18. The van der Waals surface area contributed by atoms with E-state index in [-0.39, 0.29) is 5.82 Å². The van der Waals surface area contributed by atoms with Gasteiger partial charge in [0.25, 0.3) is 0 Å². The molecule has 140 valence electrons. The molecule has 6 heteroatoms. The van der Waals surface area contributed by atoms with Crippen molar-refractivity contribution < 1.29 is 4.39 Å². The lowest BCUT2D eigenvalue weighted by atomic mass is 10.0. The van der Waals surface area contributed by atoms with Crippen LogP contribution in [0, 0.1) is 12.7 Å². The molecule has 0 spiro atoms. The second-order valence-corrected chi connectivity index (χ2v) is 7.17. The van der Waals surface area contributed by atoms with Crippen LogP contribution in [0.2, 0.25) is 0 Å². The SMILES string of the molecule is Cc1ccc(-c2nnn(CCCN3CCCC3c3ccc(F)cc3)n2)cc1. The third kappa shape index (κ3) is 4.22. The zero-order valence-electron chi connectivity index (χ0n) is 15.6. The van der Waals surface area contributed by atoms with E-state index in [4.69, 9.17) is 0 Å². The largest absolute Gasteiger partial charge is 0.296 e. The molecule has 1 aliphatic rings. The Morgan fingerprint density at radius 3 is 2.59 bits per heavy atom. The molecule has 0 amide bonds. The fraction of sp³-hybridized carbons (Fsp3) is 0.381. The van der Waals surface area contributed by atoms with Gasteiger partial charge in [-0.25, -0.2) is 4.39 Å². The Morgan fingerprint density at radius 1 is 1.04 bits per heavy atom. The smallest absolute Gasteiger partial charge is 0.204 e. The first-order valence-corrected chi connectivity index (χ1v) is 9.53. The standard InChI is InChI=1S/C21H24FN5/c1-16-5-7-18(8-6-16)21-23-25-27(24-21)15-3-14-26-13-2-4-20(26)17-9-11-19(22)12-10-17/h5-12,20H,2-4,13-15H2,1H3. The maximum absolute atomic E-state index is 13.2. The van der Waals surface area contributed by atoms with Crippen molar-refractivity contribution in [1.82, 2.24) is 25.1 Å². The van der Waals surface area contributed by atoms with Gasteiger partial charge in [-0.2, -0.15) is 4.80 Å². The van der Waals surface area contributed by atoms with Crippen molar-refractivity contribution in [1.29, 1.82) is 0 Å². The Balaban J connectivity index is 1.33. The molecule has 1 aromatic heterocycles. The second kappa shape index (κ2) is 7.96. The highest BCUT2D eigenvalue weighted by atomic mass is 19.1. The van der Waals surface area contributed by atoms with Gasteiger partial charge in [0.15, 0.2) is 0 Å². The molecule has 1 fully saturated rings. The summed E-state index contributed by atoms with van der Waals surface area (Å²) >= 11 is 0. The highest BCUT2D eigenvalue weighted by Crippen LogP contribution is 2.31. The van der Waals surface area contributed by atoms with Gasteiger partial charge < -0.3 is 0 Å². The van der Waals surface area contributed by atoms with Crippen molar-refractivity contribution in [2.24, 2.45) is 0 Å². The summed E-state index contributed by atoms with van der Waals surface area (Å²) in [4.78, 5) is 4.16. The van der Waals surface area contributed by atoms with Crippen LogP contribution in [0.25, 0.3) is 11.4 Å². The first kappa shape index (κ1) is 17.8. The monoisotopic (exact) mass is 365 g/mol. The molecule has 2 heterocycles. The Kier molecular flexibility index (Phi) is 5.25. The molecular weight excluding hydrogens is 341 g/mol. The Bertz CT molecular complexity index is 872. The zero-order chi connectivity index (χ0) is 18.6. The molecule has 0 aliphatic carbocycles. The van der Waals surface area contributed by atoms with Crippen molar-refractivity contribution in [3.05, 3.63) is 65.5 Å². The van der Waals surface area contributed by atoms with Crippen molar-refractivity contribution >= 4 is 0 Å². The van der Waals surface area contributed by atoms with E-state index >= 15 is 0 Å². The van der Waals surface area contributed by atoms with E-state index in [1.54, 1.807) is 16.9 Å². The number of hydrogen-bond donors (Lipinski definition) is 0. The number of rotatable bonds is 6. The highest BCUT2D eigenvalue weighted by molar-refractivity contribution is 5.53. The van der Waals surface area contributed by atoms with Gasteiger partial charge in [-0.15, -0.1) is 10.2 Å². The van der Waals surface area contributed by atoms with E-state index in [0.717, 1.165) is 38.0 Å². The van der Waals surface area contributed by atoms with E-state index in [0.29, 0.717) is 11.9 Å². The predicted molar refractivity (Wildman–Crippen MR) is 103 cm³/mol. The fourth-order valence-corrected chi connectivity index (χ4v) is 3.73. The number of nitrogens with zero attached hydrogens (tertiary/aromatic N) is 5. The summed E-state index contributed by atoms with van der Waals surface area (Å²) in [5, 5.41) is 12.8. The Hall–Kier alpha value is -2.60. The number of hydrogen-bond acceptors (Lipinski definition) is 4. The van der Waals surface area contributed by atoms with E-state index in [1.807, 2.05) is 24.3 Å². The number of tetrazole rings is 1. The first-order chi connectivity index (χ1) is 13.2. The van der Waals surface area contributed by atoms with Crippen molar-refractivity contribution in [3.8, 4) is 11.4 Å². The van der Waals surface area contributed by atoms with Crippen molar-refractivity contribution in [3.63, 3.8) is 0 Å². The second-order valence-electron chi connectivity index (χ2n) is 7.17. The van der Waals surface area contributed by atoms with Crippen LogP contribution in [0.4, 0.5) is 4.39 Å². The van der Waals surface area contributed by atoms with E-state index in [2.05, 4.69) is 39.4 Å². The number of halogens is 1. The minimum absolute atomic E-state index is 0.176. The summed E-state index contributed by atoms with van der Waals surface area (Å²) < 4.78 is 13.2. The van der Waals surface area contributed by atoms with Gasteiger partial charge >= 0.3 is 0 Å². The van der Waals surface area contributed by atoms with Crippen LogP contribution >= 0.6 is 0 Å². The average molecular weight is 365 g/mol. The molecule has 1 atom stereocenters. The Labute approximate surface area is 158 Å². The first-order valence-electron chi connectivity index (χ1n) is 9.53. The topological polar surface area (TPSA) is 46.8 Å². The van der Waals surface area contributed by atoms with E-state index in [1.165, 1.54) is 17.5 Å². The van der Waals surface area contributed by atoms with Gasteiger partial charge in [0.1, 0.15) is 5.82 Å². The molecule has 1 unspecified atom stereocenters. The van der Waals surface area contributed by atoms with Gasteiger partial charge in [0, 0.05) is 18.2 Å². The number of aromatic nitrogens is 4. The normalized spacial score (nSPS) is 17.5. The van der Waals surface area contributed by atoms with Crippen LogP contribution in [0.15, 0.2) is 48.5 Å². The highest BCUT2D eigenvalue weighted by Gasteiger charge is 2.25. The lowest BCUT2D eigenvalue weighted by Crippen LogP contribution is -2.25. The molecule has 0 bridgehead atoms. The molecule has 1 aliphatic heterocycles. The summed E-state index contributed by atoms with van der Waals surface area (Å²) in [5.74, 6) is 0.491. The maximum Gasteiger partial charge on any atom is 0.204 e. The summed E-state index contributed by atoms with van der Waals surface area (Å²) in [6, 6.07) is 15.5. The summed E-state index contributed by atoms with van der Waals surface area (Å²) in [6.07, 6.45) is 3.27. The van der Waals surface area contributed by atoms with Crippen LogP contribution < -0.4 is 0 Å². The van der Waals surface area contributed by atoms with E-state index in [9.17, 15) is 4.39 Å². The van der Waals surface area contributed by atoms with E-state index < -0.39 is 0 Å². The molecule has 5 nitrogen and oxygen atoms in total. The lowest BCUT2D eigenvalue weighted by molar-refractivity contribution is 0.245. The summed E-state index contributed by atoms with van der Waals surface area (Å²) in [7, 11) is 0. The summed E-state index contributed by atoms with van der Waals surface area (Å²) in [6.45, 7) is 4.86. The summed E-state index contributed by atoms with van der Waals surface area (Å²) in [5.41, 5.74) is 3.41. The van der Waals surface area contributed by atoms with Crippen LogP contribution in [-0.4, -0.2) is 38.2 Å². The quantitative estimate of drug-likeness (QED) is 0.662. The number of aryl methyl sites for hydroxylation is 2. The molecule has 3 aromatic rings. The molecule has 0 saturated carbocycles. The van der Waals surface area contributed by atoms with Gasteiger partial charge in [-0.05, 0) is 55.6 Å². The van der Waals surface area contributed by atoms with Crippen LogP contribution in [-0.2, 0) is 6.54 Å². The lowest BCUT2D eigenvalue weighted by Gasteiger charge is -2.24. The number of likely N-dealkylation sites (tertiary alicyclic amines) is 1. The molecule has 0 radical (unpaired) electrons. The molecular formula is C21H24FN5. The van der Waals surface area contributed by atoms with Gasteiger partial charge in [-0.1, -0.05) is 42.0 Å². The van der Waals surface area contributed by atoms with Gasteiger partial charge in [0.05, 0.1) is 6.54 Å². The maximum atomic E-state index is 13.2. The molecule has 2 aromatic carbocycles. The Morgan fingerprint density at radius 2 is 1.81 bits per heavy atom. The molecule has 1 saturated heterocycles. The minimum atomic E-state index is -0.176. The fourth-order valence-electron chi connectivity index (χ4n) is 3.73.